The molecule has 0 saturated heterocycles. The summed E-state index contributed by atoms with van der Waals surface area (Å²) in [4.78, 5) is 43.2. The van der Waals surface area contributed by atoms with Crippen LogP contribution in [-0.2, 0) is 23.1 Å². The van der Waals surface area contributed by atoms with Gasteiger partial charge in [0, 0.05) is 49.4 Å². The van der Waals surface area contributed by atoms with Gasteiger partial charge in [-0.3, -0.25) is 9.36 Å². The van der Waals surface area contributed by atoms with Crippen LogP contribution in [0.1, 0.15) is 18.1 Å². The lowest BCUT2D eigenvalue weighted by molar-refractivity contribution is 0.252. The normalized spacial score (nSPS) is 11.9. The van der Waals surface area contributed by atoms with Crippen molar-refractivity contribution >= 4 is 43.3 Å². The number of hydrogen-bond acceptors (Lipinski definition) is 7. The van der Waals surface area contributed by atoms with Crippen LogP contribution in [0.4, 0.5) is 23.7 Å². The molecule has 0 radical (unpaired) electrons. The van der Waals surface area contributed by atoms with E-state index in [4.69, 9.17) is 0 Å². The predicted molar refractivity (Wildman–Crippen MR) is 189 cm³/mol. The molecule has 0 aliphatic carbocycles. The summed E-state index contributed by atoms with van der Waals surface area (Å²) < 4.78 is 71.2. The minimum Gasteiger partial charge on any atom is -0.338 e. The largest absolute Gasteiger partial charge is 0.338 e. The number of thiophene rings is 1. The maximum Gasteiger partial charge on any atom is 0.337 e. The van der Waals surface area contributed by atoms with Crippen LogP contribution < -0.4 is 21.9 Å². The van der Waals surface area contributed by atoms with Crippen molar-refractivity contribution in [1.29, 1.82) is 0 Å². The zero-order valence-corrected chi connectivity index (χ0v) is 29.3. The smallest absolute Gasteiger partial charge is 0.337 e. The summed E-state index contributed by atoms with van der Waals surface area (Å²) in [7, 11) is -0.268. The highest BCUT2D eigenvalue weighted by molar-refractivity contribution is 7.88. The number of nitrogens with zero attached hydrogens (tertiary/aromatic N) is 4. The molecule has 2 aromatic heterocycles. The topological polar surface area (TPSA) is 126 Å². The molecule has 0 saturated carbocycles. The van der Waals surface area contributed by atoms with E-state index in [1.54, 1.807) is 38.2 Å². The van der Waals surface area contributed by atoms with Gasteiger partial charge in [0.05, 0.1) is 23.9 Å². The van der Waals surface area contributed by atoms with E-state index in [1.807, 2.05) is 4.90 Å². The van der Waals surface area contributed by atoms with Crippen molar-refractivity contribution in [2.24, 2.45) is 0 Å². The molecule has 0 aliphatic rings. The van der Waals surface area contributed by atoms with Gasteiger partial charge < -0.3 is 15.5 Å². The Morgan fingerprint density at radius 1 is 0.900 bits per heavy atom. The van der Waals surface area contributed by atoms with E-state index in [1.165, 1.54) is 29.6 Å². The fourth-order valence-electron chi connectivity index (χ4n) is 5.32. The molecule has 2 N–H and O–H groups in total. The Labute approximate surface area is 290 Å². The number of benzene rings is 3. The molecule has 264 valence electrons. The number of anilines is 1. The number of halogens is 3. The summed E-state index contributed by atoms with van der Waals surface area (Å²) >= 11 is 1.08. The summed E-state index contributed by atoms with van der Waals surface area (Å²) in [5.74, 6) is -2.36. The molecule has 11 nitrogen and oxygen atoms in total. The zero-order chi connectivity index (χ0) is 36.3. The summed E-state index contributed by atoms with van der Waals surface area (Å²) in [6.07, 6.45) is 1.09. The van der Waals surface area contributed by atoms with Crippen LogP contribution in [0.2, 0.25) is 0 Å². The van der Waals surface area contributed by atoms with Gasteiger partial charge in [-0.05, 0) is 73.6 Å². The third-order valence-electron chi connectivity index (χ3n) is 8.07. The average Bonchev–Trinajstić information content (AvgIpc) is 3.42. The van der Waals surface area contributed by atoms with Gasteiger partial charge in [0.1, 0.15) is 22.3 Å². The Morgan fingerprint density at radius 3 is 2.14 bits per heavy atom. The molecular formula is C34H35F3N6O5S2. The van der Waals surface area contributed by atoms with E-state index in [0.29, 0.717) is 28.2 Å². The number of fused-ring (bicyclic) bond motifs is 1. The van der Waals surface area contributed by atoms with Gasteiger partial charge in [-0.1, -0.05) is 18.2 Å². The van der Waals surface area contributed by atoms with E-state index in [2.05, 4.69) is 10.6 Å². The van der Waals surface area contributed by atoms with Crippen LogP contribution in [0.5, 0.6) is 0 Å². The number of likely N-dealkylation sites (N-methyl/N-ethyl adjacent to an activating group) is 2. The van der Waals surface area contributed by atoms with Gasteiger partial charge in [-0.15, -0.1) is 11.3 Å². The van der Waals surface area contributed by atoms with Crippen molar-refractivity contribution in [2.75, 3.05) is 45.3 Å². The highest BCUT2D eigenvalue weighted by Gasteiger charge is 2.26. The minimum atomic E-state index is -3.46. The van der Waals surface area contributed by atoms with E-state index >= 15 is 0 Å². The number of amides is 2. The molecule has 0 unspecified atom stereocenters. The SMILES string of the molecule is CCNC(=O)Nc1ccc(-c2sc3c(c2CN(C)CCN(C)S(C)(=O)=O)c(=O)n(-c2ccc(F)cc2)c(=O)n3Cc2c(F)cccc2F)cc1. The van der Waals surface area contributed by atoms with Crippen molar-refractivity contribution in [3.05, 3.63) is 116 Å². The molecule has 2 heterocycles. The van der Waals surface area contributed by atoms with Gasteiger partial charge in [0.2, 0.25) is 10.0 Å². The summed E-state index contributed by atoms with van der Waals surface area (Å²) in [5, 5.41) is 5.47. The zero-order valence-electron chi connectivity index (χ0n) is 27.7. The molecule has 2 amide bonds. The van der Waals surface area contributed by atoms with Crippen LogP contribution >= 0.6 is 11.3 Å². The first-order chi connectivity index (χ1) is 23.7. The lowest BCUT2D eigenvalue weighted by Gasteiger charge is -2.21. The number of sulfonamides is 1. The fraction of sp³-hybridized carbons (Fsp3) is 0.265. The second kappa shape index (κ2) is 15.0. The molecule has 16 heteroatoms. The van der Waals surface area contributed by atoms with Crippen LogP contribution in [-0.4, -0.2) is 72.8 Å². The molecule has 0 fully saturated rings. The van der Waals surface area contributed by atoms with E-state index in [9.17, 15) is 36.0 Å². The summed E-state index contributed by atoms with van der Waals surface area (Å²) in [6, 6.07) is 14.4. The van der Waals surface area contributed by atoms with Gasteiger partial charge in [0.15, 0.2) is 0 Å². The molecule has 3 aromatic carbocycles. The molecule has 0 bridgehead atoms. The van der Waals surface area contributed by atoms with Gasteiger partial charge in [0.25, 0.3) is 5.56 Å². The second-order valence-corrected chi connectivity index (χ2v) is 14.7. The number of rotatable bonds is 12. The highest BCUT2D eigenvalue weighted by Crippen LogP contribution is 2.38. The maximum absolute atomic E-state index is 15.0. The number of carbonyl (C=O) groups is 1. The lowest BCUT2D eigenvalue weighted by Crippen LogP contribution is -2.39. The van der Waals surface area contributed by atoms with Crippen molar-refractivity contribution in [2.45, 2.75) is 20.0 Å². The van der Waals surface area contributed by atoms with E-state index in [0.717, 1.165) is 51.0 Å². The van der Waals surface area contributed by atoms with Crippen molar-refractivity contribution in [3.63, 3.8) is 0 Å². The summed E-state index contributed by atoms with van der Waals surface area (Å²) in [6.45, 7) is 2.17. The third-order valence-corrected chi connectivity index (χ3v) is 10.7. The molecule has 5 rings (SSSR count). The Balaban J connectivity index is 1.76. The van der Waals surface area contributed by atoms with Crippen molar-refractivity contribution < 1.29 is 26.4 Å². The van der Waals surface area contributed by atoms with Gasteiger partial charge >= 0.3 is 11.7 Å². The first-order valence-corrected chi connectivity index (χ1v) is 18.1. The quantitative estimate of drug-likeness (QED) is 0.190. The molecule has 0 atom stereocenters. The minimum absolute atomic E-state index is 0.0497. The average molecular weight is 729 g/mol. The number of hydrogen-bond donors (Lipinski definition) is 2. The van der Waals surface area contributed by atoms with Crippen LogP contribution in [0, 0.1) is 17.5 Å². The maximum atomic E-state index is 15.0. The Bertz CT molecular complexity index is 2250. The van der Waals surface area contributed by atoms with Gasteiger partial charge in [-0.2, -0.15) is 0 Å². The molecule has 0 spiro atoms. The number of nitrogens with one attached hydrogen (secondary N) is 2. The molecular weight excluding hydrogens is 694 g/mol. The van der Waals surface area contributed by atoms with Crippen LogP contribution in [0.15, 0.2) is 76.3 Å². The summed E-state index contributed by atoms with van der Waals surface area (Å²) in [5.41, 5.74) is -0.368. The molecule has 50 heavy (non-hydrogen) atoms. The number of urea groups is 1. The standard InChI is InChI=1S/C34H35F3N6O5S2/c1-5-38-33(45)39-23-13-9-21(10-14-23)30-26(19-40(2)17-18-41(3)50(4,47)48)29-31(44)43(24-15-11-22(35)12-16-24)34(46)42(32(29)49-30)20-25-27(36)7-6-8-28(25)37/h6-16H,5,17-20H2,1-4H3,(H2,38,39,45). The molecule has 5 aromatic rings. The van der Waals surface area contributed by atoms with E-state index in [-0.39, 0.29) is 35.5 Å². The van der Waals surface area contributed by atoms with E-state index < -0.39 is 56.9 Å². The van der Waals surface area contributed by atoms with Gasteiger partial charge in [-0.25, -0.2) is 40.1 Å². The van der Waals surface area contributed by atoms with Crippen molar-refractivity contribution in [1.82, 2.24) is 23.7 Å². The first-order valence-electron chi connectivity index (χ1n) is 15.4. The molecule has 0 aliphatic heterocycles. The predicted octanol–water partition coefficient (Wildman–Crippen LogP) is 4.81. The van der Waals surface area contributed by atoms with Crippen LogP contribution in [0.25, 0.3) is 26.3 Å². The number of aromatic nitrogens is 2. The Hall–Kier alpha value is -4.77. The number of carbonyl (C=O) groups excluding carboxylic acids is 1. The fourth-order valence-corrected chi connectivity index (χ4v) is 7.03. The monoisotopic (exact) mass is 728 g/mol. The second-order valence-electron chi connectivity index (χ2n) is 11.7. The third kappa shape index (κ3) is 7.83. The first kappa shape index (κ1) is 36.5. The Morgan fingerprint density at radius 2 is 1.54 bits per heavy atom. The van der Waals surface area contributed by atoms with Crippen molar-refractivity contribution in [3.8, 4) is 16.1 Å². The van der Waals surface area contributed by atoms with Crippen LogP contribution in [0.3, 0.4) is 0 Å². The lowest BCUT2D eigenvalue weighted by atomic mass is 10.1. The Kier molecular flexibility index (Phi) is 11.0. The highest BCUT2D eigenvalue weighted by atomic mass is 32.2.